The first-order valence-electron chi connectivity index (χ1n) is 12.1. The number of nitrogens with one attached hydrogen (secondary N) is 1. The van der Waals surface area contributed by atoms with Crippen LogP contribution >= 0.6 is 0 Å². The number of carbonyl (C=O) groups is 3. The van der Waals surface area contributed by atoms with Gasteiger partial charge in [-0.2, -0.15) is 0 Å². The summed E-state index contributed by atoms with van der Waals surface area (Å²) >= 11 is 0. The molecule has 1 aromatic carbocycles. The number of carbonyl (C=O) groups excluding carboxylic acids is 3. The summed E-state index contributed by atoms with van der Waals surface area (Å²) in [5.74, 6) is -1.86. The Morgan fingerprint density at radius 3 is 2.49 bits per heavy atom. The Morgan fingerprint density at radius 2 is 1.89 bits per heavy atom. The second kappa shape index (κ2) is 15.6. The molecule has 1 fully saturated rings. The number of cyclic esters (lactones) is 1. The fraction of sp³-hybridized carbons (Fsp3) is 0.481. The van der Waals surface area contributed by atoms with Crippen molar-refractivity contribution >= 4 is 17.8 Å². The van der Waals surface area contributed by atoms with E-state index in [1.165, 1.54) is 31.9 Å². The van der Waals surface area contributed by atoms with Crippen LogP contribution in [-0.4, -0.2) is 68.5 Å². The van der Waals surface area contributed by atoms with Crippen LogP contribution in [0.3, 0.4) is 0 Å². The van der Waals surface area contributed by atoms with Crippen molar-refractivity contribution in [2.45, 2.75) is 58.3 Å². The summed E-state index contributed by atoms with van der Waals surface area (Å²) in [6.07, 6.45) is 2.27. The van der Waals surface area contributed by atoms with E-state index in [1.807, 2.05) is 18.2 Å². The third-order valence-electron chi connectivity index (χ3n) is 5.40. The van der Waals surface area contributed by atoms with Crippen LogP contribution in [0.5, 0.6) is 11.5 Å². The van der Waals surface area contributed by atoms with Gasteiger partial charge in [-0.25, -0.2) is 9.78 Å². The van der Waals surface area contributed by atoms with Gasteiger partial charge in [-0.3, -0.25) is 9.59 Å². The lowest BCUT2D eigenvalue weighted by Crippen LogP contribution is -2.43. The summed E-state index contributed by atoms with van der Waals surface area (Å²) < 4.78 is 26.6. The largest absolute Gasteiger partial charge is 0.493 e. The first-order chi connectivity index (χ1) is 17.7. The zero-order valence-corrected chi connectivity index (χ0v) is 22.0. The Balaban J connectivity index is 0.000000591. The molecular weight excluding hydrogens is 480 g/mol. The predicted octanol–water partition coefficient (Wildman–Crippen LogP) is 3.26. The van der Waals surface area contributed by atoms with Crippen LogP contribution in [0.25, 0.3) is 0 Å². The lowest BCUT2D eigenvalue weighted by atomic mass is 10.1. The van der Waals surface area contributed by atoms with Crippen molar-refractivity contribution < 1.29 is 38.1 Å². The van der Waals surface area contributed by atoms with E-state index < -0.39 is 23.9 Å². The van der Waals surface area contributed by atoms with E-state index in [1.54, 1.807) is 14.0 Å². The average molecular weight is 517 g/mol. The van der Waals surface area contributed by atoms with Crippen LogP contribution in [0.2, 0.25) is 0 Å². The maximum atomic E-state index is 12.8. The first-order valence-corrected chi connectivity index (χ1v) is 12.1. The number of methoxy groups -OCH3 is 2. The van der Waals surface area contributed by atoms with E-state index in [9.17, 15) is 14.4 Å². The van der Waals surface area contributed by atoms with E-state index in [2.05, 4.69) is 29.4 Å². The average Bonchev–Trinajstić information content (AvgIpc) is 2.92. The Bertz CT molecular complexity index is 1010. The number of aromatic nitrogens is 1. The number of nitrogens with zero attached hydrogens (tertiary/aromatic N) is 1. The standard InChI is InChI=1S/C20H28N2O8.C7H8/c1-12-11-14(6-9-26-3)28-10-7-15(20(25)29-12)22-19(24)17-18(30-13(2)23)16(27-4)5-8-21-17;1-7-5-3-2-4-6-7/h5,8,12,14-15H,6-7,9-11H2,1-4H3,(H,22,24);2-6H,1H3/t12?,14?,15-;/m0./s1. The number of benzene rings is 1. The molecule has 0 spiro atoms. The van der Waals surface area contributed by atoms with Gasteiger partial charge in [0.2, 0.25) is 5.75 Å². The van der Waals surface area contributed by atoms with Gasteiger partial charge in [0, 0.05) is 52.4 Å². The molecule has 0 bridgehead atoms. The van der Waals surface area contributed by atoms with Crippen molar-refractivity contribution in [1.29, 1.82) is 0 Å². The van der Waals surface area contributed by atoms with Crippen molar-refractivity contribution in [3.8, 4) is 11.5 Å². The van der Waals surface area contributed by atoms with Crippen molar-refractivity contribution in [1.82, 2.24) is 10.3 Å². The SMILES string of the molecule is COCCC1CC(C)OC(=O)[C@@H](NC(=O)c2nccc(OC)c2OC(C)=O)CCO1.Cc1ccccc1. The fourth-order valence-corrected chi connectivity index (χ4v) is 3.58. The van der Waals surface area contributed by atoms with Crippen LogP contribution in [0, 0.1) is 6.92 Å². The van der Waals surface area contributed by atoms with Crippen molar-refractivity contribution in [2.75, 3.05) is 27.4 Å². The second-order valence-electron chi connectivity index (χ2n) is 8.51. The number of ether oxygens (including phenoxy) is 5. The van der Waals surface area contributed by atoms with E-state index in [0.717, 1.165) is 0 Å². The normalized spacial score (nSPS) is 19.6. The molecule has 0 saturated carbocycles. The van der Waals surface area contributed by atoms with Crippen LogP contribution in [0.1, 0.15) is 49.2 Å². The van der Waals surface area contributed by atoms with E-state index in [0.29, 0.717) is 19.4 Å². The maximum Gasteiger partial charge on any atom is 0.329 e. The summed E-state index contributed by atoms with van der Waals surface area (Å²) in [6.45, 7) is 5.84. The number of amides is 1. The zero-order chi connectivity index (χ0) is 27.2. The molecule has 1 aliphatic rings. The molecule has 10 heteroatoms. The van der Waals surface area contributed by atoms with Crippen LogP contribution < -0.4 is 14.8 Å². The fourth-order valence-electron chi connectivity index (χ4n) is 3.58. The van der Waals surface area contributed by atoms with Crippen molar-refractivity contribution in [3.05, 3.63) is 53.9 Å². The minimum atomic E-state index is -0.945. The summed E-state index contributed by atoms with van der Waals surface area (Å²) in [5, 5.41) is 2.60. The lowest BCUT2D eigenvalue weighted by Gasteiger charge is -2.20. The smallest absolute Gasteiger partial charge is 0.329 e. The quantitative estimate of drug-likeness (QED) is 0.553. The van der Waals surface area contributed by atoms with Crippen LogP contribution in [0.4, 0.5) is 0 Å². The summed E-state index contributed by atoms with van der Waals surface area (Å²) in [6, 6.07) is 10.8. The highest BCUT2D eigenvalue weighted by Gasteiger charge is 2.30. The Labute approximate surface area is 217 Å². The van der Waals surface area contributed by atoms with Gasteiger partial charge in [0.25, 0.3) is 5.91 Å². The van der Waals surface area contributed by atoms with Gasteiger partial charge in [-0.1, -0.05) is 35.9 Å². The molecule has 1 N–H and O–H groups in total. The molecule has 2 aromatic rings. The van der Waals surface area contributed by atoms with Gasteiger partial charge in [0.1, 0.15) is 12.1 Å². The summed E-state index contributed by atoms with van der Waals surface area (Å²) in [4.78, 5) is 40.8. The summed E-state index contributed by atoms with van der Waals surface area (Å²) in [5.41, 5.74) is 1.15. The molecule has 1 saturated heterocycles. The minimum absolute atomic E-state index is 0.113. The minimum Gasteiger partial charge on any atom is -0.493 e. The van der Waals surface area contributed by atoms with Gasteiger partial charge in [0.15, 0.2) is 11.4 Å². The highest BCUT2D eigenvalue weighted by atomic mass is 16.6. The van der Waals surface area contributed by atoms with Crippen molar-refractivity contribution in [3.63, 3.8) is 0 Å². The third-order valence-corrected chi connectivity index (χ3v) is 5.40. The number of esters is 2. The molecule has 0 aliphatic carbocycles. The van der Waals surface area contributed by atoms with Crippen LogP contribution in [-0.2, 0) is 23.8 Å². The third kappa shape index (κ3) is 10.2. The number of aryl methyl sites for hydroxylation is 1. The van der Waals surface area contributed by atoms with E-state index >= 15 is 0 Å². The van der Waals surface area contributed by atoms with E-state index in [4.69, 9.17) is 23.7 Å². The highest BCUT2D eigenvalue weighted by Crippen LogP contribution is 2.29. The van der Waals surface area contributed by atoms with Gasteiger partial charge in [-0.15, -0.1) is 0 Å². The Hall–Kier alpha value is -3.50. The Kier molecular flexibility index (Phi) is 12.5. The molecule has 3 atom stereocenters. The monoisotopic (exact) mass is 516 g/mol. The van der Waals surface area contributed by atoms with Gasteiger partial charge < -0.3 is 29.0 Å². The number of hydrogen-bond acceptors (Lipinski definition) is 9. The predicted molar refractivity (Wildman–Crippen MR) is 136 cm³/mol. The molecular formula is C27H36N2O8. The number of hydrogen-bond donors (Lipinski definition) is 1. The number of rotatable bonds is 7. The zero-order valence-electron chi connectivity index (χ0n) is 22.0. The number of pyridine rings is 1. The molecule has 10 nitrogen and oxygen atoms in total. The molecule has 1 amide bonds. The molecule has 1 aliphatic heterocycles. The molecule has 37 heavy (non-hydrogen) atoms. The maximum absolute atomic E-state index is 12.8. The topological polar surface area (TPSA) is 122 Å². The molecule has 2 unspecified atom stereocenters. The molecule has 2 heterocycles. The van der Waals surface area contributed by atoms with Gasteiger partial charge in [-0.05, 0) is 20.3 Å². The highest BCUT2D eigenvalue weighted by molar-refractivity contribution is 5.98. The molecule has 202 valence electrons. The Morgan fingerprint density at radius 1 is 1.16 bits per heavy atom. The van der Waals surface area contributed by atoms with Crippen LogP contribution in [0.15, 0.2) is 42.6 Å². The molecule has 3 rings (SSSR count). The molecule has 0 radical (unpaired) electrons. The van der Waals surface area contributed by atoms with Crippen molar-refractivity contribution in [2.24, 2.45) is 0 Å². The summed E-state index contributed by atoms with van der Waals surface area (Å²) in [7, 11) is 2.99. The lowest BCUT2D eigenvalue weighted by molar-refractivity contribution is -0.151. The molecule has 1 aromatic heterocycles. The second-order valence-corrected chi connectivity index (χ2v) is 8.51. The van der Waals surface area contributed by atoms with Gasteiger partial charge in [0.05, 0.1) is 13.2 Å². The first kappa shape index (κ1) is 29.7. The van der Waals surface area contributed by atoms with Gasteiger partial charge >= 0.3 is 11.9 Å². The van der Waals surface area contributed by atoms with E-state index in [-0.39, 0.29) is 42.4 Å².